The molecule has 0 aromatic rings. The molecule has 0 rings (SSSR count). The summed E-state index contributed by atoms with van der Waals surface area (Å²) in [7, 11) is 0. The van der Waals surface area contributed by atoms with Crippen molar-refractivity contribution in [1.82, 2.24) is 0 Å². The van der Waals surface area contributed by atoms with Crippen molar-refractivity contribution in [2.75, 3.05) is 0 Å². The molecule has 0 spiro atoms. The van der Waals surface area contributed by atoms with E-state index in [0.717, 1.165) is 0 Å². The van der Waals surface area contributed by atoms with Gasteiger partial charge in [0, 0.05) is 8.41 Å². The molecule has 0 aliphatic carbocycles. The number of hydrogen-bond acceptors (Lipinski definition) is 0. The summed E-state index contributed by atoms with van der Waals surface area (Å²) in [6, 6.07) is 0. The van der Waals surface area contributed by atoms with E-state index in [0.29, 0.717) is 0 Å². The molecule has 4 heavy (non-hydrogen) atoms. The number of rotatable bonds is 0. The van der Waals surface area contributed by atoms with Crippen molar-refractivity contribution >= 4 is 8.41 Å². The summed E-state index contributed by atoms with van der Waals surface area (Å²) in [5.74, 6) is 0. The molecule has 0 nitrogen and oxygen atoms in total. The van der Waals surface area contributed by atoms with Gasteiger partial charge in [-0.05, 0) is 0 Å². The molecule has 0 bridgehead atoms. The average Bonchev–Trinajstić information content (AvgIpc) is 0. The largest absolute Gasteiger partial charge is 2.00 e. The molecule has 0 aliphatic rings. The van der Waals surface area contributed by atoms with Crippen molar-refractivity contribution in [3.8, 4) is 0 Å². The van der Waals surface area contributed by atoms with Gasteiger partial charge in [0.1, 0.15) is 0 Å². The third-order valence-electron chi connectivity index (χ3n) is 0. The van der Waals surface area contributed by atoms with Gasteiger partial charge in [-0.25, -0.2) is 0 Å². The van der Waals surface area contributed by atoms with Crippen molar-refractivity contribution in [2.24, 2.45) is 0 Å². The van der Waals surface area contributed by atoms with Crippen molar-refractivity contribution in [2.45, 2.75) is 0 Å². The summed E-state index contributed by atoms with van der Waals surface area (Å²) in [5.41, 5.74) is 0. The first-order chi connectivity index (χ1) is 0. The fourth-order valence-electron chi connectivity index (χ4n) is 0. The maximum absolute atomic E-state index is 0. The summed E-state index contributed by atoms with van der Waals surface area (Å²) in [5, 5.41) is 0. The van der Waals surface area contributed by atoms with Crippen LogP contribution in [0, 0.1) is 0 Å². The van der Waals surface area contributed by atoms with Crippen LogP contribution in [-0.4, -0.2) is 8.41 Å². The van der Waals surface area contributed by atoms with E-state index < -0.39 is 0 Å². The van der Waals surface area contributed by atoms with Gasteiger partial charge in [-0.2, -0.15) is 0 Å². The van der Waals surface area contributed by atoms with Crippen LogP contribution in [0.2, 0.25) is 0 Å². The number of halogens is 2. The molecule has 0 aliphatic heterocycles. The quantitative estimate of drug-likeness (QED) is 0.275. The molecule has 0 atom stereocenters. The van der Waals surface area contributed by atoms with Crippen LogP contribution in [0.1, 0.15) is 0 Å². The Balaban J connectivity index is 0. The maximum atomic E-state index is 0. The summed E-state index contributed by atoms with van der Waals surface area (Å²) in [6.45, 7) is 0. The van der Waals surface area contributed by atoms with E-state index in [-0.39, 0.29) is 37.3 Å². The molecule has 0 unspecified atom stereocenters. The smallest absolute Gasteiger partial charge is 1.00 e. The van der Waals surface area contributed by atoms with Crippen LogP contribution in [0.4, 0.5) is 0 Å². The van der Waals surface area contributed by atoms with Crippen LogP contribution in [0.5, 0.6) is 0 Å². The van der Waals surface area contributed by atoms with Crippen molar-refractivity contribution in [3.05, 3.63) is 0 Å². The molecular formula is BF2Zn. The zero-order valence-electron chi connectivity index (χ0n) is 2.04. The van der Waals surface area contributed by atoms with E-state index in [1.807, 2.05) is 0 Å². The van der Waals surface area contributed by atoms with Crippen LogP contribution < -0.4 is 9.41 Å². The van der Waals surface area contributed by atoms with Crippen LogP contribution in [-0.2, 0) is 19.5 Å². The van der Waals surface area contributed by atoms with Gasteiger partial charge in [0.15, 0.2) is 0 Å². The second-order valence-electron chi connectivity index (χ2n) is 0. The Hall–Kier alpha value is 0.548. The average molecular weight is 114 g/mol. The molecule has 0 aromatic carbocycles. The molecule has 3 radical (unpaired) electrons. The Labute approximate surface area is 38.0 Å². The van der Waals surface area contributed by atoms with Crippen molar-refractivity contribution in [1.29, 1.82) is 0 Å². The van der Waals surface area contributed by atoms with Crippen LogP contribution in [0.15, 0.2) is 0 Å². The molecule has 0 heterocycles. The van der Waals surface area contributed by atoms with E-state index in [4.69, 9.17) is 0 Å². The van der Waals surface area contributed by atoms with Crippen LogP contribution >= 0.6 is 0 Å². The fraction of sp³-hybridized carbons (Fsp3) is 0. The molecule has 0 saturated carbocycles. The normalized spacial score (nSPS) is 0. The third-order valence-corrected chi connectivity index (χ3v) is 0. The van der Waals surface area contributed by atoms with Crippen LogP contribution in [0.25, 0.3) is 0 Å². The van der Waals surface area contributed by atoms with E-state index in [2.05, 4.69) is 0 Å². The van der Waals surface area contributed by atoms with Crippen molar-refractivity contribution in [3.63, 3.8) is 0 Å². The minimum absolute atomic E-state index is 0. The second kappa shape index (κ2) is 76.6. The fourth-order valence-corrected chi connectivity index (χ4v) is 0. The van der Waals surface area contributed by atoms with E-state index >= 15 is 0 Å². The molecule has 0 amide bonds. The van der Waals surface area contributed by atoms with Gasteiger partial charge in [0.25, 0.3) is 0 Å². The summed E-state index contributed by atoms with van der Waals surface area (Å²) < 4.78 is 0. The van der Waals surface area contributed by atoms with Gasteiger partial charge in [-0.15, -0.1) is 0 Å². The van der Waals surface area contributed by atoms with Gasteiger partial charge < -0.3 is 9.41 Å². The Kier molecular flexibility index (Phi) is 3650. The first-order valence-electron chi connectivity index (χ1n) is 0. The first kappa shape index (κ1) is 190. The Bertz CT molecular complexity index is 6.00. The molecule has 19 valence electrons. The molecule has 0 saturated heterocycles. The maximum Gasteiger partial charge on any atom is 2.00 e. The Morgan fingerprint density at radius 2 is 0.750 bits per heavy atom. The molecule has 0 aromatic heterocycles. The Morgan fingerprint density at radius 1 is 0.750 bits per heavy atom. The SMILES string of the molecule is [B].[F-].[F-].[Zn+2]. The molecule has 0 N–H and O–H groups in total. The van der Waals surface area contributed by atoms with E-state index in [1.54, 1.807) is 0 Å². The van der Waals surface area contributed by atoms with Gasteiger partial charge in [0.2, 0.25) is 0 Å². The van der Waals surface area contributed by atoms with Gasteiger partial charge >= 0.3 is 19.5 Å². The topological polar surface area (TPSA) is 0 Å². The van der Waals surface area contributed by atoms with Crippen LogP contribution in [0.3, 0.4) is 0 Å². The monoisotopic (exact) mass is 113 g/mol. The summed E-state index contributed by atoms with van der Waals surface area (Å²) in [6.07, 6.45) is 0. The van der Waals surface area contributed by atoms with E-state index in [9.17, 15) is 0 Å². The molecular weight excluding hydrogens is 114 g/mol. The zero-order chi connectivity index (χ0) is 0. The van der Waals surface area contributed by atoms with Gasteiger partial charge in [0.05, 0.1) is 0 Å². The van der Waals surface area contributed by atoms with Crippen molar-refractivity contribution < 1.29 is 28.9 Å². The van der Waals surface area contributed by atoms with E-state index in [1.165, 1.54) is 0 Å². The predicted molar refractivity (Wildman–Crippen MR) is 5.75 cm³/mol. The second-order valence-corrected chi connectivity index (χ2v) is 0. The summed E-state index contributed by atoms with van der Waals surface area (Å²) in [4.78, 5) is 0. The first-order valence-corrected chi connectivity index (χ1v) is 0. The predicted octanol–water partition coefficient (Wildman–Crippen LogP) is -6.38. The summed E-state index contributed by atoms with van der Waals surface area (Å²) >= 11 is 0. The van der Waals surface area contributed by atoms with Gasteiger partial charge in [-0.1, -0.05) is 0 Å². The standard InChI is InChI=1S/B.2FH.Zn/h;2*1H;/q;;;+2/p-2. The minimum Gasteiger partial charge on any atom is -1.00 e. The molecule has 4 heteroatoms. The third kappa shape index (κ3) is 20.3. The molecule has 0 fully saturated rings. The van der Waals surface area contributed by atoms with Gasteiger partial charge in [-0.3, -0.25) is 0 Å². The zero-order valence-corrected chi connectivity index (χ0v) is 5.01. The number of hydrogen-bond donors (Lipinski definition) is 0. The minimum atomic E-state index is 0. The Morgan fingerprint density at radius 3 is 0.750 bits per heavy atom.